The molecule has 0 saturated carbocycles. The molecule has 0 aliphatic carbocycles. The molecule has 8 heteroatoms. The number of rotatable bonds is 2. The number of pyridine rings is 1. The maximum absolute atomic E-state index is 13.0. The zero-order chi connectivity index (χ0) is 15.6. The molecule has 3 nitrogen and oxygen atoms in total. The van der Waals surface area contributed by atoms with Crippen LogP contribution < -0.4 is 5.32 Å². The van der Waals surface area contributed by atoms with E-state index in [1.807, 2.05) is 0 Å². The van der Waals surface area contributed by atoms with Crippen LogP contribution in [0.4, 0.5) is 18.9 Å². The molecule has 0 saturated heterocycles. The molecule has 0 radical (unpaired) electrons. The van der Waals surface area contributed by atoms with Crippen LogP contribution in [0.3, 0.4) is 0 Å². The van der Waals surface area contributed by atoms with Crippen molar-refractivity contribution < 1.29 is 18.0 Å². The Kier molecular flexibility index (Phi) is 4.67. The highest BCUT2D eigenvalue weighted by Crippen LogP contribution is 2.36. The Labute approximate surface area is 134 Å². The summed E-state index contributed by atoms with van der Waals surface area (Å²) in [5.41, 5.74) is -1.08. The van der Waals surface area contributed by atoms with Gasteiger partial charge in [0, 0.05) is 21.3 Å². The molecule has 0 fully saturated rings. The van der Waals surface area contributed by atoms with Gasteiger partial charge in [-0.25, -0.2) is 0 Å². The molecular weight excluding hydrogens is 417 g/mol. The van der Waals surface area contributed by atoms with Gasteiger partial charge in [0.2, 0.25) is 0 Å². The van der Waals surface area contributed by atoms with Gasteiger partial charge in [-0.2, -0.15) is 13.2 Å². The number of amides is 1. The maximum atomic E-state index is 13.0. The van der Waals surface area contributed by atoms with E-state index in [0.29, 0.717) is 4.47 Å². The number of hydrogen-bond acceptors (Lipinski definition) is 2. The first kappa shape index (κ1) is 16.0. The van der Waals surface area contributed by atoms with Crippen molar-refractivity contribution in [2.75, 3.05) is 5.32 Å². The number of carbonyl (C=O) groups excluding carboxylic acids is 1. The smallest absolute Gasteiger partial charge is 0.321 e. The summed E-state index contributed by atoms with van der Waals surface area (Å²) in [6, 6.07) is 4.99. The Morgan fingerprint density at radius 3 is 2.43 bits per heavy atom. The number of nitrogens with zero attached hydrogens (tertiary/aromatic N) is 1. The van der Waals surface area contributed by atoms with Crippen LogP contribution in [0.2, 0.25) is 0 Å². The van der Waals surface area contributed by atoms with Gasteiger partial charge in [-0.3, -0.25) is 9.78 Å². The Morgan fingerprint density at radius 1 is 1.10 bits per heavy atom. The number of halogens is 5. The highest BCUT2D eigenvalue weighted by atomic mass is 79.9. The lowest BCUT2D eigenvalue weighted by atomic mass is 10.1. The number of benzene rings is 1. The lowest BCUT2D eigenvalue weighted by molar-refractivity contribution is -0.136. The van der Waals surface area contributed by atoms with Crippen LogP contribution in [-0.4, -0.2) is 10.9 Å². The predicted octanol–water partition coefficient (Wildman–Crippen LogP) is 4.88. The third-order valence-electron chi connectivity index (χ3n) is 2.50. The van der Waals surface area contributed by atoms with Crippen molar-refractivity contribution >= 4 is 43.5 Å². The summed E-state index contributed by atoms with van der Waals surface area (Å²) in [4.78, 5) is 15.8. The topological polar surface area (TPSA) is 42.0 Å². The first-order chi connectivity index (χ1) is 9.77. The first-order valence-electron chi connectivity index (χ1n) is 5.56. The average Bonchev–Trinajstić information content (AvgIpc) is 2.39. The van der Waals surface area contributed by atoms with Gasteiger partial charge < -0.3 is 5.32 Å². The van der Waals surface area contributed by atoms with E-state index < -0.39 is 17.6 Å². The van der Waals surface area contributed by atoms with Crippen LogP contribution >= 0.6 is 31.9 Å². The number of nitrogens with one attached hydrogen (secondary N) is 1. The molecule has 1 aromatic heterocycles. The minimum absolute atomic E-state index is 0.153. The number of hydrogen-bond donors (Lipinski definition) is 1. The zero-order valence-electron chi connectivity index (χ0n) is 10.2. The van der Waals surface area contributed by atoms with E-state index in [-0.39, 0.29) is 15.7 Å². The van der Waals surface area contributed by atoms with Gasteiger partial charge in [0.05, 0.1) is 16.8 Å². The number of carbonyl (C=O) groups is 1. The van der Waals surface area contributed by atoms with Crippen molar-refractivity contribution in [3.63, 3.8) is 0 Å². The molecule has 1 amide bonds. The lowest BCUT2D eigenvalue weighted by Crippen LogP contribution is -2.16. The van der Waals surface area contributed by atoms with Crippen molar-refractivity contribution in [2.24, 2.45) is 0 Å². The van der Waals surface area contributed by atoms with Crippen molar-refractivity contribution in [1.29, 1.82) is 0 Å². The van der Waals surface area contributed by atoms with Crippen LogP contribution in [0.5, 0.6) is 0 Å². The molecule has 0 unspecified atom stereocenters. The second kappa shape index (κ2) is 6.15. The van der Waals surface area contributed by atoms with Crippen molar-refractivity contribution in [3.05, 3.63) is 56.7 Å². The molecule has 2 aromatic rings. The molecule has 1 heterocycles. The normalized spacial score (nSPS) is 11.3. The predicted molar refractivity (Wildman–Crippen MR) is 79.0 cm³/mol. The van der Waals surface area contributed by atoms with E-state index in [1.165, 1.54) is 30.6 Å². The molecule has 1 N–H and O–H groups in total. The summed E-state index contributed by atoms with van der Waals surface area (Å²) in [6.45, 7) is 0. The van der Waals surface area contributed by atoms with E-state index in [1.54, 1.807) is 0 Å². The van der Waals surface area contributed by atoms with Gasteiger partial charge in [-0.05, 0) is 40.2 Å². The Morgan fingerprint density at radius 2 is 1.81 bits per heavy atom. The van der Waals surface area contributed by atoms with Gasteiger partial charge in [0.1, 0.15) is 0 Å². The van der Waals surface area contributed by atoms with Crippen LogP contribution in [-0.2, 0) is 6.18 Å². The SMILES string of the molecule is O=C(Nc1ccc(Br)cc1C(F)(F)F)c1cncc(Br)c1. The number of anilines is 1. The van der Waals surface area contributed by atoms with Crippen molar-refractivity contribution in [1.82, 2.24) is 4.98 Å². The molecule has 0 atom stereocenters. The fraction of sp³-hybridized carbons (Fsp3) is 0.0769. The fourth-order valence-electron chi connectivity index (χ4n) is 1.59. The minimum Gasteiger partial charge on any atom is -0.321 e. The molecule has 0 spiro atoms. The van der Waals surface area contributed by atoms with Gasteiger partial charge in [0.15, 0.2) is 0 Å². The molecular formula is C13H7Br2F3N2O. The molecule has 110 valence electrons. The first-order valence-corrected chi connectivity index (χ1v) is 7.14. The van der Waals surface area contributed by atoms with Gasteiger partial charge >= 0.3 is 6.18 Å². The minimum atomic E-state index is -4.57. The zero-order valence-corrected chi connectivity index (χ0v) is 13.4. The Balaban J connectivity index is 2.34. The van der Waals surface area contributed by atoms with Crippen molar-refractivity contribution in [3.8, 4) is 0 Å². The highest BCUT2D eigenvalue weighted by molar-refractivity contribution is 9.10. The Bertz CT molecular complexity index is 689. The largest absolute Gasteiger partial charge is 0.418 e. The third kappa shape index (κ3) is 4.04. The molecule has 21 heavy (non-hydrogen) atoms. The number of aromatic nitrogens is 1. The van der Waals surface area contributed by atoms with Crippen LogP contribution in [0.25, 0.3) is 0 Å². The summed E-state index contributed by atoms with van der Waals surface area (Å²) in [5, 5.41) is 2.25. The standard InChI is InChI=1S/C13H7Br2F3N2O/c14-8-1-2-11(10(4-8)13(16,17)18)20-12(21)7-3-9(15)6-19-5-7/h1-6H,(H,20,21). The maximum Gasteiger partial charge on any atom is 0.418 e. The lowest BCUT2D eigenvalue weighted by Gasteiger charge is -2.14. The summed E-state index contributed by atoms with van der Waals surface area (Å²) < 4.78 is 39.7. The van der Waals surface area contributed by atoms with Crippen LogP contribution in [0.1, 0.15) is 15.9 Å². The molecule has 0 aliphatic rings. The van der Waals surface area contributed by atoms with Gasteiger partial charge in [-0.15, -0.1) is 0 Å². The summed E-state index contributed by atoms with van der Waals surface area (Å²) in [5.74, 6) is -0.670. The fourth-order valence-corrected chi connectivity index (χ4v) is 2.32. The number of alkyl halides is 3. The third-order valence-corrected chi connectivity index (χ3v) is 3.43. The van der Waals surface area contributed by atoms with E-state index in [9.17, 15) is 18.0 Å². The molecule has 0 bridgehead atoms. The van der Waals surface area contributed by atoms with E-state index in [4.69, 9.17) is 0 Å². The summed E-state index contributed by atoms with van der Waals surface area (Å²) in [7, 11) is 0. The molecule has 2 rings (SSSR count). The molecule has 0 aliphatic heterocycles. The van der Waals surface area contributed by atoms with Crippen LogP contribution in [0, 0.1) is 0 Å². The quantitative estimate of drug-likeness (QED) is 0.748. The van der Waals surface area contributed by atoms with E-state index in [2.05, 4.69) is 42.2 Å². The highest BCUT2D eigenvalue weighted by Gasteiger charge is 2.34. The summed E-state index contributed by atoms with van der Waals surface area (Å²) >= 11 is 6.12. The van der Waals surface area contributed by atoms with Crippen LogP contribution in [0.15, 0.2) is 45.6 Å². The van der Waals surface area contributed by atoms with E-state index in [0.717, 1.165) is 6.07 Å². The second-order valence-electron chi connectivity index (χ2n) is 4.03. The van der Waals surface area contributed by atoms with Gasteiger partial charge in [0.25, 0.3) is 5.91 Å². The van der Waals surface area contributed by atoms with Crippen molar-refractivity contribution in [2.45, 2.75) is 6.18 Å². The summed E-state index contributed by atoms with van der Waals surface area (Å²) in [6.07, 6.45) is -1.83. The monoisotopic (exact) mass is 422 g/mol. The van der Waals surface area contributed by atoms with E-state index >= 15 is 0 Å². The Hall–Kier alpha value is -1.41. The second-order valence-corrected chi connectivity index (χ2v) is 5.86. The van der Waals surface area contributed by atoms with Gasteiger partial charge in [-0.1, -0.05) is 15.9 Å². The molecule has 1 aromatic carbocycles. The average molecular weight is 424 g/mol.